The minimum Gasteiger partial charge on any atom is -0.478 e. The van der Waals surface area contributed by atoms with Crippen molar-refractivity contribution in [2.45, 2.75) is 45.1 Å². The van der Waals surface area contributed by atoms with Crippen LogP contribution in [-0.2, 0) is 4.74 Å². The standard InChI is InChI=1S/C16H20N2O/c1-2-19-16(18-15-6-4-3-5-7-15)14-10-8-13(12-17)9-11-14/h8-11,15H,2-7H2,1H3. The normalized spacial score (nSPS) is 16.9. The van der Waals surface area contributed by atoms with Gasteiger partial charge in [-0.15, -0.1) is 0 Å². The van der Waals surface area contributed by atoms with Gasteiger partial charge in [-0.05, 0) is 44.0 Å². The molecule has 0 spiro atoms. The molecule has 1 aliphatic rings. The van der Waals surface area contributed by atoms with Crippen LogP contribution in [0.25, 0.3) is 0 Å². The Hall–Kier alpha value is -1.82. The predicted molar refractivity (Wildman–Crippen MR) is 76.2 cm³/mol. The first-order valence-electron chi connectivity index (χ1n) is 7.04. The molecule has 0 aliphatic heterocycles. The third-order valence-corrected chi connectivity index (χ3v) is 3.42. The first-order valence-corrected chi connectivity index (χ1v) is 7.04. The molecule has 19 heavy (non-hydrogen) atoms. The summed E-state index contributed by atoms with van der Waals surface area (Å²) in [7, 11) is 0. The van der Waals surface area contributed by atoms with Crippen LogP contribution in [0, 0.1) is 11.3 Å². The fourth-order valence-electron chi connectivity index (χ4n) is 2.40. The maximum Gasteiger partial charge on any atom is 0.216 e. The molecule has 0 bridgehead atoms. The lowest BCUT2D eigenvalue weighted by Gasteiger charge is -2.19. The summed E-state index contributed by atoms with van der Waals surface area (Å²) < 4.78 is 5.67. The first kappa shape index (κ1) is 13.6. The summed E-state index contributed by atoms with van der Waals surface area (Å²) in [5.74, 6) is 0.721. The number of nitrogens with zero attached hydrogens (tertiary/aromatic N) is 2. The highest BCUT2D eigenvalue weighted by molar-refractivity contribution is 5.94. The number of benzene rings is 1. The van der Waals surface area contributed by atoms with Crippen molar-refractivity contribution in [1.82, 2.24) is 0 Å². The van der Waals surface area contributed by atoms with Crippen LogP contribution in [0.4, 0.5) is 0 Å². The highest BCUT2D eigenvalue weighted by atomic mass is 16.5. The minimum atomic E-state index is 0.394. The molecule has 3 nitrogen and oxygen atoms in total. The molecule has 1 fully saturated rings. The van der Waals surface area contributed by atoms with Gasteiger partial charge in [-0.25, -0.2) is 4.99 Å². The Morgan fingerprint density at radius 1 is 1.26 bits per heavy atom. The van der Waals surface area contributed by atoms with E-state index in [0.29, 0.717) is 18.2 Å². The van der Waals surface area contributed by atoms with Gasteiger partial charge in [0.05, 0.1) is 24.3 Å². The van der Waals surface area contributed by atoms with E-state index in [-0.39, 0.29) is 0 Å². The van der Waals surface area contributed by atoms with Crippen LogP contribution in [0.3, 0.4) is 0 Å². The molecule has 0 amide bonds. The number of rotatable bonds is 3. The maximum absolute atomic E-state index is 8.82. The van der Waals surface area contributed by atoms with Gasteiger partial charge in [-0.3, -0.25) is 0 Å². The fourth-order valence-corrected chi connectivity index (χ4v) is 2.40. The lowest BCUT2D eigenvalue weighted by molar-refractivity contribution is 0.320. The van der Waals surface area contributed by atoms with Crippen LogP contribution in [0.5, 0.6) is 0 Å². The number of hydrogen-bond acceptors (Lipinski definition) is 3. The summed E-state index contributed by atoms with van der Waals surface area (Å²) in [4.78, 5) is 4.76. The molecule has 1 aromatic carbocycles. The maximum atomic E-state index is 8.82. The average Bonchev–Trinajstić information content (AvgIpc) is 2.48. The lowest BCUT2D eigenvalue weighted by atomic mass is 9.96. The zero-order chi connectivity index (χ0) is 13.5. The van der Waals surface area contributed by atoms with Gasteiger partial charge in [-0.2, -0.15) is 5.26 Å². The van der Waals surface area contributed by atoms with E-state index in [1.54, 1.807) is 0 Å². The largest absolute Gasteiger partial charge is 0.478 e. The van der Waals surface area contributed by atoms with Gasteiger partial charge < -0.3 is 4.74 Å². The van der Waals surface area contributed by atoms with Crippen LogP contribution in [0.1, 0.15) is 50.2 Å². The van der Waals surface area contributed by atoms with Crippen molar-refractivity contribution in [1.29, 1.82) is 5.26 Å². The van der Waals surface area contributed by atoms with Crippen molar-refractivity contribution < 1.29 is 4.74 Å². The summed E-state index contributed by atoms with van der Waals surface area (Å²) in [5.41, 5.74) is 1.63. The van der Waals surface area contributed by atoms with Crippen molar-refractivity contribution in [3.63, 3.8) is 0 Å². The third kappa shape index (κ3) is 3.82. The molecule has 0 N–H and O–H groups in total. The van der Waals surface area contributed by atoms with Crippen LogP contribution in [0.15, 0.2) is 29.3 Å². The molecule has 100 valence electrons. The van der Waals surface area contributed by atoms with Gasteiger partial charge in [-0.1, -0.05) is 19.3 Å². The van der Waals surface area contributed by atoms with Gasteiger partial charge in [0.2, 0.25) is 5.90 Å². The Kier molecular flexibility index (Phi) is 4.97. The van der Waals surface area contributed by atoms with Crippen molar-refractivity contribution in [3.8, 4) is 6.07 Å². The highest BCUT2D eigenvalue weighted by Gasteiger charge is 2.14. The predicted octanol–water partition coefficient (Wildman–Crippen LogP) is 3.67. The smallest absolute Gasteiger partial charge is 0.216 e. The molecule has 0 radical (unpaired) electrons. The van der Waals surface area contributed by atoms with Gasteiger partial charge in [0.25, 0.3) is 0 Å². The van der Waals surface area contributed by atoms with Crippen molar-refractivity contribution in [3.05, 3.63) is 35.4 Å². The second-order valence-electron chi connectivity index (χ2n) is 4.85. The minimum absolute atomic E-state index is 0.394. The van der Waals surface area contributed by atoms with Crippen LogP contribution < -0.4 is 0 Å². The van der Waals surface area contributed by atoms with Gasteiger partial charge in [0, 0.05) is 5.56 Å². The molecule has 2 rings (SSSR count). The molecule has 1 aromatic rings. The molecule has 0 aromatic heterocycles. The monoisotopic (exact) mass is 256 g/mol. The van der Waals surface area contributed by atoms with Crippen LogP contribution in [0.2, 0.25) is 0 Å². The highest BCUT2D eigenvalue weighted by Crippen LogP contribution is 2.21. The SMILES string of the molecule is CCOC(=NC1CCCCC1)c1ccc(C#N)cc1. The average molecular weight is 256 g/mol. The van der Waals surface area contributed by atoms with Gasteiger partial charge in [0.1, 0.15) is 0 Å². The molecule has 0 atom stereocenters. The summed E-state index contributed by atoms with van der Waals surface area (Å²) in [6.07, 6.45) is 6.18. The zero-order valence-electron chi connectivity index (χ0n) is 11.4. The number of aliphatic imine (C=N–C) groups is 1. The Bertz CT molecular complexity index is 465. The van der Waals surface area contributed by atoms with E-state index >= 15 is 0 Å². The third-order valence-electron chi connectivity index (χ3n) is 3.42. The second kappa shape index (κ2) is 6.94. The Balaban J connectivity index is 2.17. The van der Waals surface area contributed by atoms with Crippen molar-refractivity contribution in [2.24, 2.45) is 4.99 Å². The zero-order valence-corrected chi connectivity index (χ0v) is 11.4. The summed E-state index contributed by atoms with van der Waals surface area (Å²) in [6.45, 7) is 2.59. The molecule has 0 heterocycles. The Labute approximate surface area is 114 Å². The van der Waals surface area contributed by atoms with Crippen molar-refractivity contribution >= 4 is 5.90 Å². The Morgan fingerprint density at radius 3 is 2.53 bits per heavy atom. The van der Waals surface area contributed by atoms with E-state index < -0.39 is 0 Å². The molecular formula is C16H20N2O. The molecular weight excluding hydrogens is 236 g/mol. The first-order chi connectivity index (χ1) is 9.33. The molecule has 1 saturated carbocycles. The molecule has 0 saturated heterocycles. The van der Waals surface area contributed by atoms with E-state index in [0.717, 1.165) is 24.3 Å². The summed E-state index contributed by atoms with van der Waals surface area (Å²) >= 11 is 0. The topological polar surface area (TPSA) is 45.4 Å². The molecule has 3 heteroatoms. The van der Waals surface area contributed by atoms with E-state index in [1.165, 1.54) is 19.3 Å². The van der Waals surface area contributed by atoms with Crippen LogP contribution >= 0.6 is 0 Å². The molecule has 0 unspecified atom stereocenters. The number of hydrogen-bond donors (Lipinski definition) is 0. The van der Waals surface area contributed by atoms with Gasteiger partial charge >= 0.3 is 0 Å². The number of ether oxygens (including phenoxy) is 1. The van der Waals surface area contributed by atoms with Crippen LogP contribution in [-0.4, -0.2) is 18.5 Å². The van der Waals surface area contributed by atoms with E-state index in [4.69, 9.17) is 15.0 Å². The Morgan fingerprint density at radius 2 is 1.95 bits per heavy atom. The van der Waals surface area contributed by atoms with Crippen molar-refractivity contribution in [2.75, 3.05) is 6.61 Å². The molecule has 1 aliphatic carbocycles. The fraction of sp³-hybridized carbons (Fsp3) is 0.500. The van der Waals surface area contributed by atoms with E-state index in [1.807, 2.05) is 31.2 Å². The lowest BCUT2D eigenvalue weighted by Crippen LogP contribution is -2.15. The summed E-state index contributed by atoms with van der Waals surface area (Å²) in [6, 6.07) is 9.97. The van der Waals surface area contributed by atoms with Gasteiger partial charge in [0.15, 0.2) is 0 Å². The second-order valence-corrected chi connectivity index (χ2v) is 4.85. The van der Waals surface area contributed by atoms with E-state index in [2.05, 4.69) is 6.07 Å². The van der Waals surface area contributed by atoms with E-state index in [9.17, 15) is 0 Å². The number of nitriles is 1. The summed E-state index contributed by atoms with van der Waals surface area (Å²) in [5, 5.41) is 8.82. The quantitative estimate of drug-likeness (QED) is 0.611.